The fourth-order valence-corrected chi connectivity index (χ4v) is 3.12. The van der Waals surface area contributed by atoms with E-state index in [-0.39, 0.29) is 35.9 Å². The van der Waals surface area contributed by atoms with Gasteiger partial charge >= 0.3 is 5.97 Å². The van der Waals surface area contributed by atoms with Gasteiger partial charge in [-0.1, -0.05) is 0 Å². The molecule has 20 heavy (non-hydrogen) atoms. The highest BCUT2D eigenvalue weighted by atomic mass is 32.2. The maximum absolute atomic E-state index is 11.9. The van der Waals surface area contributed by atoms with Crippen molar-refractivity contribution in [3.05, 3.63) is 24.0 Å². The van der Waals surface area contributed by atoms with Crippen LogP contribution in [0, 0.1) is 5.92 Å². The van der Waals surface area contributed by atoms with Gasteiger partial charge in [0.05, 0.1) is 23.2 Å². The number of carboxylic acids is 1. The number of anilines is 1. The number of carbonyl (C=O) groups is 2. The number of amides is 1. The third kappa shape index (κ3) is 3.11. The maximum atomic E-state index is 11.9. The first-order valence-corrected chi connectivity index (χ1v) is 7.47. The minimum absolute atomic E-state index is 0.0182. The average Bonchev–Trinajstić information content (AvgIpc) is 2.67. The van der Waals surface area contributed by atoms with Crippen molar-refractivity contribution in [3.63, 3.8) is 0 Å². The molecule has 1 saturated heterocycles. The van der Waals surface area contributed by atoms with E-state index in [0.29, 0.717) is 0 Å². The molecule has 0 aromatic carbocycles. The number of nitrogens with zero attached hydrogens (tertiary/aromatic N) is 2. The fourth-order valence-electron chi connectivity index (χ4n) is 2.24. The van der Waals surface area contributed by atoms with Crippen LogP contribution in [0.25, 0.3) is 0 Å². The van der Waals surface area contributed by atoms with Crippen molar-refractivity contribution in [2.45, 2.75) is 6.42 Å². The van der Waals surface area contributed by atoms with Gasteiger partial charge in [0, 0.05) is 25.1 Å². The summed E-state index contributed by atoms with van der Waals surface area (Å²) in [5, 5.41) is 14.0. The Kier molecular flexibility index (Phi) is 3.73. The quantitative estimate of drug-likeness (QED) is 0.765. The normalized spacial score (nSPS) is 19.4. The molecule has 1 unspecified atom stereocenters. The van der Waals surface area contributed by atoms with Crippen molar-refractivity contribution in [2.24, 2.45) is 11.1 Å². The molecular formula is C11H13N3O5S. The molecule has 0 radical (unpaired) electrons. The number of sulfonamides is 1. The molecule has 1 fully saturated rings. The summed E-state index contributed by atoms with van der Waals surface area (Å²) in [6, 6.07) is 1.29. The van der Waals surface area contributed by atoms with Crippen LogP contribution in [0.2, 0.25) is 0 Å². The third-order valence-electron chi connectivity index (χ3n) is 2.99. The summed E-state index contributed by atoms with van der Waals surface area (Å²) in [7, 11) is -3.67. The highest BCUT2D eigenvalue weighted by Gasteiger charge is 2.34. The van der Waals surface area contributed by atoms with Gasteiger partial charge in [0.15, 0.2) is 0 Å². The number of pyridine rings is 1. The monoisotopic (exact) mass is 299 g/mol. The lowest BCUT2D eigenvalue weighted by molar-refractivity contribution is -0.117. The predicted molar refractivity (Wildman–Crippen MR) is 69.6 cm³/mol. The van der Waals surface area contributed by atoms with Crippen LogP contribution in [0.1, 0.15) is 16.8 Å². The minimum atomic E-state index is -3.67. The zero-order valence-electron chi connectivity index (χ0n) is 10.4. The van der Waals surface area contributed by atoms with Crippen LogP contribution >= 0.6 is 0 Å². The molecule has 2 rings (SSSR count). The van der Waals surface area contributed by atoms with Crippen LogP contribution in [0.15, 0.2) is 18.5 Å². The molecule has 0 spiro atoms. The molecule has 1 aliphatic rings. The topological polar surface area (TPSA) is 131 Å². The van der Waals surface area contributed by atoms with E-state index in [4.69, 9.17) is 10.2 Å². The van der Waals surface area contributed by atoms with Gasteiger partial charge in [-0.3, -0.25) is 9.78 Å². The second-order valence-corrected chi connectivity index (χ2v) is 6.26. The number of rotatable bonds is 4. The van der Waals surface area contributed by atoms with Gasteiger partial charge in [-0.25, -0.2) is 18.4 Å². The van der Waals surface area contributed by atoms with Gasteiger partial charge in [-0.05, 0) is 6.07 Å². The van der Waals surface area contributed by atoms with Gasteiger partial charge < -0.3 is 10.0 Å². The Labute approximate surface area is 115 Å². The lowest BCUT2D eigenvalue weighted by atomic mass is 10.1. The third-order valence-corrected chi connectivity index (χ3v) is 3.93. The van der Waals surface area contributed by atoms with Gasteiger partial charge in [-0.2, -0.15) is 0 Å². The Hall–Kier alpha value is -2.00. The molecule has 0 bridgehead atoms. The van der Waals surface area contributed by atoms with E-state index < -0.39 is 21.9 Å². The molecule has 0 aliphatic carbocycles. The van der Waals surface area contributed by atoms with E-state index in [1.807, 2.05) is 0 Å². The summed E-state index contributed by atoms with van der Waals surface area (Å²) in [5.41, 5.74) is 0.117. The summed E-state index contributed by atoms with van der Waals surface area (Å²) in [6.45, 7) is 0.112. The molecule has 1 aromatic heterocycles. The largest absolute Gasteiger partial charge is 0.478 e. The first kappa shape index (κ1) is 14.4. The van der Waals surface area contributed by atoms with Crippen molar-refractivity contribution in [3.8, 4) is 0 Å². The van der Waals surface area contributed by atoms with Crippen molar-refractivity contribution in [1.29, 1.82) is 0 Å². The van der Waals surface area contributed by atoms with Crippen LogP contribution in [0.4, 0.5) is 5.69 Å². The smallest absolute Gasteiger partial charge is 0.337 e. The van der Waals surface area contributed by atoms with Crippen LogP contribution in [0.5, 0.6) is 0 Å². The van der Waals surface area contributed by atoms with E-state index in [1.165, 1.54) is 23.4 Å². The lowest BCUT2D eigenvalue weighted by Gasteiger charge is -2.18. The average molecular weight is 299 g/mol. The number of primary sulfonamides is 1. The van der Waals surface area contributed by atoms with Gasteiger partial charge in [0.2, 0.25) is 15.9 Å². The van der Waals surface area contributed by atoms with E-state index in [0.717, 1.165) is 0 Å². The van der Waals surface area contributed by atoms with E-state index in [2.05, 4.69) is 4.98 Å². The number of hydrogen-bond donors (Lipinski definition) is 2. The lowest BCUT2D eigenvalue weighted by Crippen LogP contribution is -2.28. The highest BCUT2D eigenvalue weighted by Crippen LogP contribution is 2.27. The first-order chi connectivity index (χ1) is 9.28. The maximum Gasteiger partial charge on any atom is 0.337 e. The Morgan fingerprint density at radius 2 is 2.25 bits per heavy atom. The van der Waals surface area contributed by atoms with Crippen LogP contribution in [0.3, 0.4) is 0 Å². The van der Waals surface area contributed by atoms with Crippen LogP contribution < -0.4 is 10.0 Å². The fraction of sp³-hybridized carbons (Fsp3) is 0.364. The van der Waals surface area contributed by atoms with Crippen molar-refractivity contribution >= 4 is 27.6 Å². The molecule has 1 atom stereocenters. The van der Waals surface area contributed by atoms with Crippen LogP contribution in [-0.4, -0.2) is 42.7 Å². The molecule has 1 aliphatic heterocycles. The molecule has 108 valence electrons. The van der Waals surface area contributed by atoms with Gasteiger partial charge in [-0.15, -0.1) is 0 Å². The summed E-state index contributed by atoms with van der Waals surface area (Å²) in [6.07, 6.45) is 2.61. The Balaban J connectivity index is 2.27. The number of carboxylic acid groups (broad SMARTS) is 1. The SMILES string of the molecule is NS(=O)(=O)CC1CC(=O)N(c2cnccc2C(=O)O)C1. The summed E-state index contributed by atoms with van der Waals surface area (Å²) < 4.78 is 22.1. The van der Waals surface area contributed by atoms with Crippen LogP contribution in [-0.2, 0) is 14.8 Å². The Bertz CT molecular complexity index is 658. The minimum Gasteiger partial charge on any atom is -0.478 e. The highest BCUT2D eigenvalue weighted by molar-refractivity contribution is 7.89. The second-order valence-electron chi connectivity index (χ2n) is 4.60. The van der Waals surface area contributed by atoms with Crippen molar-refractivity contribution < 1.29 is 23.1 Å². The van der Waals surface area contributed by atoms with Crippen molar-refractivity contribution in [2.75, 3.05) is 17.2 Å². The zero-order valence-corrected chi connectivity index (χ0v) is 11.2. The predicted octanol–water partition coefficient (Wildman–Crippen LogP) is -0.579. The molecule has 1 aromatic rings. The van der Waals surface area contributed by atoms with E-state index >= 15 is 0 Å². The second kappa shape index (κ2) is 5.17. The molecule has 2 heterocycles. The summed E-state index contributed by atoms with van der Waals surface area (Å²) >= 11 is 0. The molecular weight excluding hydrogens is 286 g/mol. The van der Waals surface area contributed by atoms with E-state index in [9.17, 15) is 18.0 Å². The first-order valence-electron chi connectivity index (χ1n) is 5.76. The van der Waals surface area contributed by atoms with Crippen molar-refractivity contribution in [1.82, 2.24) is 4.98 Å². The molecule has 1 amide bonds. The van der Waals surface area contributed by atoms with Gasteiger partial charge in [0.1, 0.15) is 0 Å². The Morgan fingerprint density at radius 1 is 1.55 bits per heavy atom. The number of carbonyl (C=O) groups excluding carboxylic acids is 1. The molecule has 3 N–H and O–H groups in total. The standard InChI is InChI=1S/C11H13N3O5S/c12-20(18,19)6-7-3-10(15)14(5-7)9-4-13-2-1-8(9)11(16)17/h1-2,4,7H,3,5-6H2,(H,16,17)(H2,12,18,19). The molecule has 0 saturated carbocycles. The molecule has 8 nitrogen and oxygen atoms in total. The van der Waals surface area contributed by atoms with E-state index in [1.54, 1.807) is 0 Å². The zero-order chi connectivity index (χ0) is 14.9. The van der Waals surface area contributed by atoms with Gasteiger partial charge in [0.25, 0.3) is 0 Å². The Morgan fingerprint density at radius 3 is 2.85 bits per heavy atom. The number of hydrogen-bond acceptors (Lipinski definition) is 5. The summed E-state index contributed by atoms with van der Waals surface area (Å²) in [4.78, 5) is 28.1. The number of aromatic nitrogens is 1. The molecule has 9 heteroatoms. The number of aromatic carboxylic acids is 1. The summed E-state index contributed by atoms with van der Waals surface area (Å²) in [5.74, 6) is -2.27. The number of nitrogens with two attached hydrogens (primary N) is 1.